The van der Waals surface area contributed by atoms with E-state index >= 15 is 0 Å². The van der Waals surface area contributed by atoms with Gasteiger partial charge in [0.25, 0.3) is 0 Å². The van der Waals surface area contributed by atoms with Gasteiger partial charge in [0.1, 0.15) is 5.76 Å². The van der Waals surface area contributed by atoms with Crippen molar-refractivity contribution in [2.45, 2.75) is 39.2 Å². The number of nitrogens with zero attached hydrogens (tertiary/aromatic N) is 4. The van der Waals surface area contributed by atoms with Gasteiger partial charge in [-0.25, -0.2) is 0 Å². The summed E-state index contributed by atoms with van der Waals surface area (Å²) in [6.45, 7) is 15.6. The van der Waals surface area contributed by atoms with Gasteiger partial charge < -0.3 is 19.4 Å². The van der Waals surface area contributed by atoms with Gasteiger partial charge in [-0.15, -0.1) is 24.0 Å². The zero-order valence-corrected chi connectivity index (χ0v) is 21.1. The minimum absolute atomic E-state index is 0. The van der Waals surface area contributed by atoms with Crippen LogP contribution in [0.5, 0.6) is 0 Å². The van der Waals surface area contributed by atoms with Crippen LogP contribution in [0.4, 0.5) is 0 Å². The summed E-state index contributed by atoms with van der Waals surface area (Å²) in [5, 5.41) is 3.60. The van der Waals surface area contributed by atoms with Crippen LogP contribution in [-0.2, 0) is 11.2 Å². The fourth-order valence-electron chi connectivity index (χ4n) is 4.30. The predicted octanol–water partition coefficient (Wildman–Crippen LogP) is 2.52. The molecule has 8 heteroatoms. The first-order valence-electron chi connectivity index (χ1n) is 11.4. The molecule has 0 bridgehead atoms. The number of nitrogens with one attached hydrogen (secondary N) is 1. The molecule has 1 N–H and O–H groups in total. The van der Waals surface area contributed by atoms with Gasteiger partial charge in [-0.1, -0.05) is 13.8 Å². The van der Waals surface area contributed by atoms with Crippen LogP contribution in [0, 0.1) is 0 Å². The number of rotatable bonds is 10. The van der Waals surface area contributed by atoms with Crippen LogP contribution in [-0.4, -0.2) is 98.8 Å². The molecule has 30 heavy (non-hydrogen) atoms. The van der Waals surface area contributed by atoms with Crippen molar-refractivity contribution in [1.82, 2.24) is 20.0 Å². The molecule has 0 saturated carbocycles. The van der Waals surface area contributed by atoms with Crippen LogP contribution in [0.3, 0.4) is 0 Å². The summed E-state index contributed by atoms with van der Waals surface area (Å²) in [5.74, 6) is 2.08. The molecule has 0 aliphatic carbocycles. The highest BCUT2D eigenvalue weighted by atomic mass is 127. The van der Waals surface area contributed by atoms with Crippen molar-refractivity contribution >= 4 is 29.9 Å². The maximum atomic E-state index is 5.47. The standard InChI is InChI=1S/C22H39N5O2.HI/c1-3-26(4-2)20-9-13-27(19-20)22(24-11-8-21-7-5-16-29-21)23-10-6-12-25-14-17-28-18-15-25;/h5,7,16,20H,3-4,6,8-15,17-19H2,1-2H3,(H,23,24);1H. The van der Waals surface area contributed by atoms with E-state index in [2.05, 4.69) is 33.9 Å². The molecule has 0 aromatic carbocycles. The second-order valence-electron chi connectivity index (χ2n) is 7.88. The van der Waals surface area contributed by atoms with Gasteiger partial charge in [0.15, 0.2) is 5.96 Å². The maximum Gasteiger partial charge on any atom is 0.193 e. The molecule has 2 fully saturated rings. The molecule has 1 unspecified atom stereocenters. The third-order valence-electron chi connectivity index (χ3n) is 6.02. The van der Waals surface area contributed by atoms with E-state index in [1.807, 2.05) is 12.1 Å². The molecule has 172 valence electrons. The number of morpholine rings is 1. The van der Waals surface area contributed by atoms with Crippen molar-refractivity contribution in [2.24, 2.45) is 4.99 Å². The number of likely N-dealkylation sites (N-methyl/N-ethyl adjacent to an activating group) is 1. The van der Waals surface area contributed by atoms with Crippen molar-refractivity contribution < 1.29 is 9.15 Å². The Hall–Kier alpha value is -0.840. The van der Waals surface area contributed by atoms with E-state index in [0.717, 1.165) is 96.7 Å². The highest BCUT2D eigenvalue weighted by molar-refractivity contribution is 14.0. The van der Waals surface area contributed by atoms with Crippen LogP contribution >= 0.6 is 24.0 Å². The Morgan fingerprint density at radius 1 is 1.23 bits per heavy atom. The molecule has 0 spiro atoms. The maximum absolute atomic E-state index is 5.47. The lowest BCUT2D eigenvalue weighted by atomic mass is 10.2. The van der Waals surface area contributed by atoms with Crippen LogP contribution < -0.4 is 5.32 Å². The Bertz CT molecular complexity index is 588. The zero-order chi connectivity index (χ0) is 20.3. The molecular weight excluding hydrogens is 493 g/mol. The van der Waals surface area contributed by atoms with Gasteiger partial charge >= 0.3 is 0 Å². The Morgan fingerprint density at radius 2 is 2.03 bits per heavy atom. The lowest BCUT2D eigenvalue weighted by molar-refractivity contribution is 0.0377. The molecule has 2 aliphatic heterocycles. The number of halogens is 1. The number of likely N-dealkylation sites (tertiary alicyclic amines) is 1. The Morgan fingerprint density at radius 3 is 2.73 bits per heavy atom. The first kappa shape index (κ1) is 25.4. The minimum atomic E-state index is 0. The average molecular weight is 533 g/mol. The van der Waals surface area contributed by atoms with Gasteiger partial charge in [-0.3, -0.25) is 14.8 Å². The monoisotopic (exact) mass is 533 g/mol. The van der Waals surface area contributed by atoms with Crippen LogP contribution in [0.25, 0.3) is 0 Å². The van der Waals surface area contributed by atoms with Crippen molar-refractivity contribution in [3.63, 3.8) is 0 Å². The van der Waals surface area contributed by atoms with E-state index < -0.39 is 0 Å². The van der Waals surface area contributed by atoms with Crippen LogP contribution in [0.1, 0.15) is 32.4 Å². The SMILES string of the molecule is CCN(CC)C1CCN(C(=NCCCN2CCOCC2)NCCc2ccco2)C1.I. The summed E-state index contributed by atoms with van der Waals surface area (Å²) < 4.78 is 10.9. The average Bonchev–Trinajstić information content (AvgIpc) is 3.44. The topological polar surface area (TPSA) is 56.5 Å². The van der Waals surface area contributed by atoms with Gasteiger partial charge in [0.05, 0.1) is 19.5 Å². The van der Waals surface area contributed by atoms with Gasteiger partial charge in [0.2, 0.25) is 0 Å². The van der Waals surface area contributed by atoms with Crippen LogP contribution in [0.15, 0.2) is 27.8 Å². The fraction of sp³-hybridized carbons (Fsp3) is 0.773. The number of ether oxygens (including phenoxy) is 1. The van der Waals surface area contributed by atoms with Crippen LogP contribution in [0.2, 0.25) is 0 Å². The third kappa shape index (κ3) is 8.01. The number of furan rings is 1. The number of guanidine groups is 1. The molecule has 3 rings (SSSR count). The third-order valence-corrected chi connectivity index (χ3v) is 6.02. The summed E-state index contributed by atoms with van der Waals surface area (Å²) in [5.41, 5.74) is 0. The highest BCUT2D eigenvalue weighted by Gasteiger charge is 2.28. The summed E-state index contributed by atoms with van der Waals surface area (Å²) in [7, 11) is 0. The van der Waals surface area contributed by atoms with E-state index in [9.17, 15) is 0 Å². The molecule has 1 aromatic heterocycles. The molecule has 0 amide bonds. The molecule has 7 nitrogen and oxygen atoms in total. The van der Waals surface area contributed by atoms with Gasteiger partial charge in [-0.05, 0) is 38.1 Å². The Balaban J connectivity index is 0.00000320. The molecule has 1 atom stereocenters. The van der Waals surface area contributed by atoms with Crippen molar-refractivity contribution in [3.05, 3.63) is 24.2 Å². The number of aliphatic imine (C=N–C) groups is 1. The summed E-state index contributed by atoms with van der Waals surface area (Å²) in [4.78, 5) is 12.5. The van der Waals surface area contributed by atoms with Gasteiger partial charge in [0, 0.05) is 58.3 Å². The first-order valence-corrected chi connectivity index (χ1v) is 11.4. The Kier molecular flexibility index (Phi) is 12.1. The molecule has 2 aliphatic rings. The fourth-order valence-corrected chi connectivity index (χ4v) is 4.30. The quantitative estimate of drug-likeness (QED) is 0.216. The van der Waals surface area contributed by atoms with Crippen molar-refractivity contribution in [1.29, 1.82) is 0 Å². The summed E-state index contributed by atoms with van der Waals surface area (Å²) in [6.07, 6.45) is 4.93. The smallest absolute Gasteiger partial charge is 0.193 e. The lowest BCUT2D eigenvalue weighted by Crippen LogP contribution is -2.44. The largest absolute Gasteiger partial charge is 0.469 e. The predicted molar refractivity (Wildman–Crippen MR) is 133 cm³/mol. The normalized spacial score (nSPS) is 20.6. The molecule has 2 saturated heterocycles. The van der Waals surface area contributed by atoms with E-state index in [1.54, 1.807) is 6.26 Å². The summed E-state index contributed by atoms with van der Waals surface area (Å²) >= 11 is 0. The van der Waals surface area contributed by atoms with E-state index in [-0.39, 0.29) is 24.0 Å². The lowest BCUT2D eigenvalue weighted by Gasteiger charge is -2.27. The van der Waals surface area contributed by atoms with Gasteiger partial charge in [-0.2, -0.15) is 0 Å². The minimum Gasteiger partial charge on any atom is -0.469 e. The Labute approximate surface area is 199 Å². The first-order chi connectivity index (χ1) is 14.3. The van der Waals surface area contributed by atoms with Crippen molar-refractivity contribution in [3.8, 4) is 0 Å². The summed E-state index contributed by atoms with van der Waals surface area (Å²) in [6, 6.07) is 4.62. The molecular formula is C22H40IN5O2. The highest BCUT2D eigenvalue weighted by Crippen LogP contribution is 2.15. The number of hydrogen-bond donors (Lipinski definition) is 1. The van der Waals surface area contributed by atoms with Crippen molar-refractivity contribution in [2.75, 3.05) is 72.1 Å². The molecule has 1 aromatic rings. The zero-order valence-electron chi connectivity index (χ0n) is 18.7. The number of hydrogen-bond acceptors (Lipinski definition) is 5. The second-order valence-corrected chi connectivity index (χ2v) is 7.88. The molecule has 0 radical (unpaired) electrons. The van der Waals surface area contributed by atoms with E-state index in [1.165, 1.54) is 6.42 Å². The van der Waals surface area contributed by atoms with E-state index in [0.29, 0.717) is 6.04 Å². The van der Waals surface area contributed by atoms with E-state index in [4.69, 9.17) is 14.1 Å². The molecule has 3 heterocycles. The second kappa shape index (κ2) is 14.3.